The lowest BCUT2D eigenvalue weighted by molar-refractivity contribution is -0.00557. The maximum Gasteiger partial charge on any atom is 0.133 e. The minimum atomic E-state index is -0.583. The van der Waals surface area contributed by atoms with Gasteiger partial charge in [0.25, 0.3) is 0 Å². The Morgan fingerprint density at radius 2 is 1.81 bits per heavy atom. The summed E-state index contributed by atoms with van der Waals surface area (Å²) >= 11 is 0. The highest BCUT2D eigenvalue weighted by Crippen LogP contribution is 2.27. The van der Waals surface area contributed by atoms with Crippen LogP contribution in [0.4, 0.5) is 4.39 Å². The van der Waals surface area contributed by atoms with E-state index < -0.39 is 12.9 Å². The number of hydrogen-bond acceptors (Lipinski definition) is 4. The number of piperazine rings is 1. The monoisotopic (exact) mass is 296 g/mol. The van der Waals surface area contributed by atoms with Gasteiger partial charge in [0.1, 0.15) is 6.23 Å². The Kier molecular flexibility index (Phi) is 6.11. The fourth-order valence-electron chi connectivity index (χ4n) is 2.77. The largest absolute Gasteiger partial charge is 0.376 e. The van der Waals surface area contributed by atoms with E-state index in [-0.39, 0.29) is 12.0 Å². The van der Waals surface area contributed by atoms with Crippen LogP contribution in [-0.4, -0.2) is 50.0 Å². The third kappa shape index (κ3) is 4.01. The Morgan fingerprint density at radius 1 is 1.24 bits per heavy atom. The van der Waals surface area contributed by atoms with Crippen molar-refractivity contribution in [1.29, 1.82) is 0 Å². The van der Waals surface area contributed by atoms with Crippen molar-refractivity contribution in [2.45, 2.75) is 19.3 Å². The molecule has 0 bridgehead atoms. The molecular formula is C16H25FN2O2. The second kappa shape index (κ2) is 7.84. The highest BCUT2D eigenvalue weighted by Gasteiger charge is 2.22. The first-order valence-electron chi connectivity index (χ1n) is 7.48. The minimum absolute atomic E-state index is 0.182. The van der Waals surface area contributed by atoms with E-state index in [1.54, 1.807) is 7.11 Å². The molecule has 0 aromatic heterocycles. The van der Waals surface area contributed by atoms with E-state index in [2.05, 4.69) is 5.32 Å². The van der Waals surface area contributed by atoms with Crippen LogP contribution in [0.25, 0.3) is 0 Å². The molecule has 1 aliphatic rings. The van der Waals surface area contributed by atoms with Crippen LogP contribution in [0.15, 0.2) is 24.3 Å². The number of rotatable bonds is 6. The third-order valence-corrected chi connectivity index (χ3v) is 4.07. The van der Waals surface area contributed by atoms with Crippen LogP contribution < -0.4 is 5.32 Å². The summed E-state index contributed by atoms with van der Waals surface area (Å²) in [6.07, 6.45) is -0.832. The van der Waals surface area contributed by atoms with Gasteiger partial charge in [-0.3, -0.25) is 9.29 Å². The summed E-state index contributed by atoms with van der Waals surface area (Å²) < 4.78 is 18.2. The summed E-state index contributed by atoms with van der Waals surface area (Å²) in [6.45, 7) is 4.89. The van der Waals surface area contributed by atoms with Crippen molar-refractivity contribution in [3.05, 3.63) is 35.4 Å². The number of nitrogens with one attached hydrogen (secondary N) is 1. The summed E-state index contributed by atoms with van der Waals surface area (Å²) in [5.74, 6) is -0.182. The van der Waals surface area contributed by atoms with Gasteiger partial charge in [-0.25, -0.2) is 0 Å². The standard InChI is InChI=1S/C16H25FN2O2/c1-12(11-17)15(21-2)13-3-5-14(6-4-13)16(20)19-9-7-18-8-10-19/h3-6,12,15-16,18,20H,7-11H2,1-2H3/t12-,15+,16?/m1/s1. The molecule has 4 nitrogen and oxygen atoms in total. The zero-order valence-electron chi connectivity index (χ0n) is 12.8. The smallest absolute Gasteiger partial charge is 0.133 e. The average molecular weight is 296 g/mol. The summed E-state index contributed by atoms with van der Waals surface area (Å²) in [5.41, 5.74) is 1.81. The summed E-state index contributed by atoms with van der Waals surface area (Å²) in [6, 6.07) is 7.64. The van der Waals surface area contributed by atoms with Crippen molar-refractivity contribution in [3.63, 3.8) is 0 Å². The first-order chi connectivity index (χ1) is 10.2. The van der Waals surface area contributed by atoms with Gasteiger partial charge in [0.05, 0.1) is 12.8 Å². The Bertz CT molecular complexity index is 421. The number of hydrogen-bond donors (Lipinski definition) is 2. The van der Waals surface area contributed by atoms with Crippen molar-refractivity contribution >= 4 is 0 Å². The number of halogens is 1. The fraction of sp³-hybridized carbons (Fsp3) is 0.625. The van der Waals surface area contributed by atoms with Crippen LogP contribution in [0, 0.1) is 5.92 Å². The third-order valence-electron chi connectivity index (χ3n) is 4.07. The molecule has 0 amide bonds. The number of aliphatic hydroxyl groups excluding tert-OH is 1. The second-order valence-corrected chi connectivity index (χ2v) is 5.61. The van der Waals surface area contributed by atoms with E-state index in [0.29, 0.717) is 0 Å². The normalized spacial score (nSPS) is 21.0. The molecule has 1 fully saturated rings. The van der Waals surface area contributed by atoms with Gasteiger partial charge in [0.2, 0.25) is 0 Å². The fourth-order valence-corrected chi connectivity index (χ4v) is 2.77. The highest BCUT2D eigenvalue weighted by molar-refractivity contribution is 5.26. The van der Waals surface area contributed by atoms with E-state index in [9.17, 15) is 9.50 Å². The topological polar surface area (TPSA) is 44.7 Å². The predicted octanol–water partition coefficient (Wildman–Crippen LogP) is 1.88. The van der Waals surface area contributed by atoms with Crippen molar-refractivity contribution in [1.82, 2.24) is 10.2 Å². The molecule has 118 valence electrons. The zero-order chi connectivity index (χ0) is 15.2. The van der Waals surface area contributed by atoms with Gasteiger partial charge in [0, 0.05) is 39.2 Å². The van der Waals surface area contributed by atoms with Gasteiger partial charge >= 0.3 is 0 Å². The molecule has 1 saturated heterocycles. The van der Waals surface area contributed by atoms with Crippen LogP contribution in [-0.2, 0) is 4.74 Å². The molecule has 0 spiro atoms. The molecule has 0 aliphatic carbocycles. The van der Waals surface area contributed by atoms with Crippen LogP contribution in [0.3, 0.4) is 0 Å². The number of benzene rings is 1. The highest BCUT2D eigenvalue weighted by atomic mass is 19.1. The lowest BCUT2D eigenvalue weighted by Gasteiger charge is -2.32. The molecule has 21 heavy (non-hydrogen) atoms. The van der Waals surface area contributed by atoms with Gasteiger partial charge in [-0.2, -0.15) is 0 Å². The summed E-state index contributed by atoms with van der Waals surface area (Å²) in [7, 11) is 1.60. The SMILES string of the molecule is CO[C@H](c1ccc(C(O)N2CCNCC2)cc1)[C@H](C)CF. The lowest BCUT2D eigenvalue weighted by atomic mass is 9.97. The van der Waals surface area contributed by atoms with Crippen LogP contribution in [0.1, 0.15) is 30.4 Å². The van der Waals surface area contributed by atoms with Crippen LogP contribution in [0.2, 0.25) is 0 Å². The Balaban J connectivity index is 2.06. The zero-order valence-corrected chi connectivity index (χ0v) is 12.8. The van der Waals surface area contributed by atoms with Crippen molar-refractivity contribution in [2.75, 3.05) is 40.0 Å². The van der Waals surface area contributed by atoms with Gasteiger partial charge < -0.3 is 15.2 Å². The van der Waals surface area contributed by atoms with Gasteiger partial charge in [0.15, 0.2) is 0 Å². The van der Waals surface area contributed by atoms with Crippen molar-refractivity contribution in [3.8, 4) is 0 Å². The van der Waals surface area contributed by atoms with E-state index in [1.807, 2.05) is 36.1 Å². The van der Waals surface area contributed by atoms with Gasteiger partial charge in [-0.05, 0) is 11.1 Å². The van der Waals surface area contributed by atoms with Gasteiger partial charge in [-0.15, -0.1) is 0 Å². The number of ether oxygens (including phenoxy) is 1. The van der Waals surface area contributed by atoms with E-state index in [1.165, 1.54) is 0 Å². The first-order valence-corrected chi connectivity index (χ1v) is 7.48. The molecule has 0 radical (unpaired) electrons. The molecule has 1 aromatic carbocycles. The predicted molar refractivity (Wildman–Crippen MR) is 80.7 cm³/mol. The van der Waals surface area contributed by atoms with Crippen LogP contribution >= 0.6 is 0 Å². The van der Waals surface area contributed by atoms with Crippen LogP contribution in [0.5, 0.6) is 0 Å². The summed E-state index contributed by atoms with van der Waals surface area (Å²) in [4.78, 5) is 2.05. The molecule has 1 aromatic rings. The quantitative estimate of drug-likeness (QED) is 0.841. The molecule has 3 atom stereocenters. The maximum absolute atomic E-state index is 12.8. The first kappa shape index (κ1) is 16.4. The van der Waals surface area contributed by atoms with Gasteiger partial charge in [-0.1, -0.05) is 31.2 Å². The molecule has 1 unspecified atom stereocenters. The molecule has 1 aliphatic heterocycles. The maximum atomic E-state index is 12.8. The van der Waals surface area contributed by atoms with Crippen molar-refractivity contribution in [2.24, 2.45) is 5.92 Å². The Hall–Kier alpha value is -1.01. The molecule has 1 heterocycles. The number of nitrogens with zero attached hydrogens (tertiary/aromatic N) is 1. The Morgan fingerprint density at radius 3 is 2.33 bits per heavy atom. The number of methoxy groups -OCH3 is 1. The molecule has 2 N–H and O–H groups in total. The second-order valence-electron chi connectivity index (χ2n) is 5.61. The Labute approximate surface area is 125 Å². The number of aliphatic hydroxyl groups is 1. The summed E-state index contributed by atoms with van der Waals surface area (Å²) in [5, 5.41) is 13.7. The molecule has 5 heteroatoms. The lowest BCUT2D eigenvalue weighted by Crippen LogP contribution is -2.45. The van der Waals surface area contributed by atoms with E-state index in [0.717, 1.165) is 37.3 Å². The van der Waals surface area contributed by atoms with Crippen molar-refractivity contribution < 1.29 is 14.2 Å². The number of alkyl halides is 1. The van der Waals surface area contributed by atoms with E-state index in [4.69, 9.17) is 4.74 Å². The van der Waals surface area contributed by atoms with E-state index >= 15 is 0 Å². The minimum Gasteiger partial charge on any atom is -0.376 e. The average Bonchev–Trinajstić information content (AvgIpc) is 2.56. The molecule has 0 saturated carbocycles. The molecular weight excluding hydrogens is 271 g/mol. The molecule has 2 rings (SSSR count).